The summed E-state index contributed by atoms with van der Waals surface area (Å²) in [5.41, 5.74) is 5.99. The summed E-state index contributed by atoms with van der Waals surface area (Å²) in [7, 11) is 0. The third-order valence-corrected chi connectivity index (χ3v) is 3.35. The SMILES string of the molecule is NC(=O)C[C@@H]1NCCN(CC(=O)OCc2ccccc2)C1=O. The van der Waals surface area contributed by atoms with Crippen LogP contribution in [-0.2, 0) is 25.7 Å². The number of hydrogen-bond donors (Lipinski definition) is 2. The molecule has 1 aromatic carbocycles. The number of nitrogens with zero attached hydrogens (tertiary/aromatic N) is 1. The summed E-state index contributed by atoms with van der Waals surface area (Å²) < 4.78 is 5.15. The lowest BCUT2D eigenvalue weighted by Crippen LogP contribution is -2.57. The van der Waals surface area contributed by atoms with Crippen molar-refractivity contribution < 1.29 is 19.1 Å². The number of amides is 2. The lowest BCUT2D eigenvalue weighted by molar-refractivity contribution is -0.152. The van der Waals surface area contributed by atoms with Crippen molar-refractivity contribution in [2.45, 2.75) is 19.1 Å². The topological polar surface area (TPSA) is 102 Å². The first-order valence-electron chi connectivity index (χ1n) is 7.06. The number of carbonyl (C=O) groups is 3. The van der Waals surface area contributed by atoms with Gasteiger partial charge in [0.05, 0.1) is 12.5 Å². The van der Waals surface area contributed by atoms with E-state index < -0.39 is 17.9 Å². The predicted molar refractivity (Wildman–Crippen MR) is 78.4 cm³/mol. The molecule has 0 aliphatic carbocycles. The minimum atomic E-state index is -0.659. The second-order valence-electron chi connectivity index (χ2n) is 5.08. The molecule has 1 aliphatic rings. The molecule has 0 radical (unpaired) electrons. The maximum atomic E-state index is 12.1. The molecule has 3 N–H and O–H groups in total. The smallest absolute Gasteiger partial charge is 0.325 e. The van der Waals surface area contributed by atoms with Gasteiger partial charge >= 0.3 is 5.97 Å². The number of primary amides is 1. The average molecular weight is 305 g/mol. The third-order valence-electron chi connectivity index (χ3n) is 3.35. The van der Waals surface area contributed by atoms with Gasteiger partial charge in [0.25, 0.3) is 0 Å². The molecule has 1 aliphatic heterocycles. The molecule has 2 amide bonds. The van der Waals surface area contributed by atoms with Crippen molar-refractivity contribution in [1.29, 1.82) is 0 Å². The zero-order chi connectivity index (χ0) is 15.9. The van der Waals surface area contributed by atoms with E-state index in [9.17, 15) is 14.4 Å². The fraction of sp³-hybridized carbons (Fsp3) is 0.400. The van der Waals surface area contributed by atoms with E-state index in [2.05, 4.69) is 5.32 Å². The lowest BCUT2D eigenvalue weighted by Gasteiger charge is -2.31. The van der Waals surface area contributed by atoms with E-state index in [-0.39, 0.29) is 25.5 Å². The van der Waals surface area contributed by atoms with E-state index in [1.165, 1.54) is 4.90 Å². The molecule has 0 aromatic heterocycles. The van der Waals surface area contributed by atoms with Crippen LogP contribution in [-0.4, -0.2) is 48.4 Å². The largest absolute Gasteiger partial charge is 0.459 e. The average Bonchev–Trinajstić information content (AvgIpc) is 2.50. The van der Waals surface area contributed by atoms with E-state index >= 15 is 0 Å². The summed E-state index contributed by atoms with van der Waals surface area (Å²) in [4.78, 5) is 36.3. The molecule has 7 nitrogen and oxygen atoms in total. The summed E-state index contributed by atoms with van der Waals surface area (Å²) in [6.07, 6.45) is -0.0750. The Hall–Kier alpha value is -2.41. The van der Waals surface area contributed by atoms with Gasteiger partial charge in [-0.2, -0.15) is 0 Å². The van der Waals surface area contributed by atoms with Gasteiger partial charge in [-0.25, -0.2) is 0 Å². The fourth-order valence-electron chi connectivity index (χ4n) is 2.25. The van der Waals surface area contributed by atoms with E-state index in [0.29, 0.717) is 13.1 Å². The molecule has 1 saturated heterocycles. The van der Waals surface area contributed by atoms with Crippen LogP contribution in [0.15, 0.2) is 30.3 Å². The number of piperazine rings is 1. The van der Waals surface area contributed by atoms with Gasteiger partial charge in [-0.1, -0.05) is 30.3 Å². The van der Waals surface area contributed by atoms with E-state index in [0.717, 1.165) is 5.56 Å². The van der Waals surface area contributed by atoms with Crippen LogP contribution in [0.4, 0.5) is 0 Å². The molecule has 1 heterocycles. The maximum Gasteiger partial charge on any atom is 0.325 e. The minimum Gasteiger partial charge on any atom is -0.459 e. The monoisotopic (exact) mass is 305 g/mol. The highest BCUT2D eigenvalue weighted by atomic mass is 16.5. The summed E-state index contributed by atoms with van der Waals surface area (Å²) in [6, 6.07) is 8.64. The molecule has 1 aromatic rings. The summed E-state index contributed by atoms with van der Waals surface area (Å²) >= 11 is 0. The molecular formula is C15H19N3O4. The normalized spacial score (nSPS) is 18.1. The zero-order valence-electron chi connectivity index (χ0n) is 12.2. The van der Waals surface area contributed by atoms with Crippen LogP contribution in [0, 0.1) is 0 Å². The Morgan fingerprint density at radius 2 is 2.05 bits per heavy atom. The van der Waals surface area contributed by atoms with Crippen molar-refractivity contribution in [3.63, 3.8) is 0 Å². The number of rotatable bonds is 6. The molecule has 0 unspecified atom stereocenters. The van der Waals surface area contributed by atoms with Crippen molar-refractivity contribution in [1.82, 2.24) is 10.2 Å². The Bertz CT molecular complexity index is 547. The van der Waals surface area contributed by atoms with Gasteiger partial charge in [0.1, 0.15) is 13.2 Å². The fourth-order valence-corrected chi connectivity index (χ4v) is 2.25. The van der Waals surface area contributed by atoms with Gasteiger partial charge in [-0.15, -0.1) is 0 Å². The molecule has 1 fully saturated rings. The molecule has 22 heavy (non-hydrogen) atoms. The number of esters is 1. The van der Waals surface area contributed by atoms with Gasteiger partial charge in [-0.05, 0) is 5.56 Å². The second-order valence-corrected chi connectivity index (χ2v) is 5.08. The summed E-state index contributed by atoms with van der Waals surface area (Å²) in [5, 5.41) is 2.92. The van der Waals surface area contributed by atoms with E-state index in [4.69, 9.17) is 10.5 Å². The zero-order valence-corrected chi connectivity index (χ0v) is 12.2. The molecule has 118 valence electrons. The second kappa shape index (κ2) is 7.56. The summed E-state index contributed by atoms with van der Waals surface area (Å²) in [5.74, 6) is -1.34. The first-order chi connectivity index (χ1) is 10.6. The first kappa shape index (κ1) is 16.0. The van der Waals surface area contributed by atoms with Gasteiger partial charge in [-0.3, -0.25) is 14.4 Å². The van der Waals surface area contributed by atoms with Gasteiger partial charge in [0.2, 0.25) is 11.8 Å². The lowest BCUT2D eigenvalue weighted by atomic mass is 10.1. The molecule has 1 atom stereocenters. The van der Waals surface area contributed by atoms with Crippen LogP contribution in [0.1, 0.15) is 12.0 Å². The number of ether oxygens (including phenoxy) is 1. The van der Waals surface area contributed by atoms with Crippen LogP contribution in [0.5, 0.6) is 0 Å². The third kappa shape index (κ3) is 4.56. The first-order valence-corrected chi connectivity index (χ1v) is 7.06. The predicted octanol–water partition coefficient (Wildman–Crippen LogP) is -0.594. The van der Waals surface area contributed by atoms with E-state index in [1.807, 2.05) is 30.3 Å². The Morgan fingerprint density at radius 1 is 1.32 bits per heavy atom. The Labute approximate surface area is 128 Å². The van der Waals surface area contributed by atoms with Gasteiger partial charge < -0.3 is 20.7 Å². The molecule has 0 bridgehead atoms. The number of carbonyl (C=O) groups excluding carboxylic acids is 3. The maximum absolute atomic E-state index is 12.1. The number of benzene rings is 1. The van der Waals surface area contributed by atoms with Gasteiger partial charge in [0, 0.05) is 13.1 Å². The highest BCUT2D eigenvalue weighted by Crippen LogP contribution is 2.06. The molecule has 2 rings (SSSR count). The number of nitrogens with one attached hydrogen (secondary N) is 1. The Morgan fingerprint density at radius 3 is 2.73 bits per heavy atom. The van der Waals surface area contributed by atoms with Crippen molar-refractivity contribution in [3.05, 3.63) is 35.9 Å². The highest BCUT2D eigenvalue weighted by molar-refractivity contribution is 5.90. The van der Waals surface area contributed by atoms with Gasteiger partial charge in [0.15, 0.2) is 0 Å². The Balaban J connectivity index is 1.82. The highest BCUT2D eigenvalue weighted by Gasteiger charge is 2.30. The van der Waals surface area contributed by atoms with E-state index in [1.54, 1.807) is 0 Å². The van der Waals surface area contributed by atoms with Crippen molar-refractivity contribution in [3.8, 4) is 0 Å². The standard InChI is InChI=1S/C15H19N3O4/c16-13(19)8-12-15(21)18(7-6-17-12)9-14(20)22-10-11-4-2-1-3-5-11/h1-5,12,17H,6-10H2,(H2,16,19)/t12-/m0/s1. The van der Waals surface area contributed by atoms with Crippen LogP contribution in [0.2, 0.25) is 0 Å². The van der Waals surface area contributed by atoms with Crippen LogP contribution in [0.25, 0.3) is 0 Å². The number of nitrogens with two attached hydrogens (primary N) is 1. The van der Waals surface area contributed by atoms with Crippen LogP contribution < -0.4 is 11.1 Å². The molecule has 0 spiro atoms. The molecule has 7 heteroatoms. The minimum absolute atomic E-state index is 0.0750. The van der Waals surface area contributed by atoms with Crippen molar-refractivity contribution in [2.75, 3.05) is 19.6 Å². The summed E-state index contributed by atoms with van der Waals surface area (Å²) in [6.45, 7) is 0.956. The Kier molecular flexibility index (Phi) is 5.48. The van der Waals surface area contributed by atoms with Crippen LogP contribution in [0.3, 0.4) is 0 Å². The van der Waals surface area contributed by atoms with Crippen molar-refractivity contribution in [2.24, 2.45) is 5.73 Å². The van der Waals surface area contributed by atoms with Crippen LogP contribution >= 0.6 is 0 Å². The molecule has 0 saturated carbocycles. The number of hydrogen-bond acceptors (Lipinski definition) is 5. The van der Waals surface area contributed by atoms with Crippen molar-refractivity contribution >= 4 is 17.8 Å². The quantitative estimate of drug-likeness (QED) is 0.684. The molecular weight excluding hydrogens is 286 g/mol.